The Balaban J connectivity index is 2.20. The van der Waals surface area contributed by atoms with Crippen LogP contribution < -0.4 is 0 Å². The SMILES string of the molecule is CC(C)CCC1CCCC[C@H]1C. The van der Waals surface area contributed by atoms with Crippen molar-refractivity contribution in [3.63, 3.8) is 0 Å². The highest BCUT2D eigenvalue weighted by atomic mass is 14.3. The Labute approximate surface area is 77.7 Å². The normalized spacial score (nSPS) is 31.0. The van der Waals surface area contributed by atoms with Crippen LogP contribution in [0.5, 0.6) is 0 Å². The van der Waals surface area contributed by atoms with Crippen LogP contribution in [0.2, 0.25) is 0 Å². The molecule has 0 radical (unpaired) electrons. The molecule has 1 unspecified atom stereocenters. The van der Waals surface area contributed by atoms with Gasteiger partial charge in [-0.2, -0.15) is 0 Å². The molecular formula is C12H24. The van der Waals surface area contributed by atoms with Gasteiger partial charge in [0.15, 0.2) is 0 Å². The topological polar surface area (TPSA) is 0 Å². The van der Waals surface area contributed by atoms with Crippen LogP contribution in [-0.4, -0.2) is 0 Å². The fraction of sp³-hybridized carbons (Fsp3) is 1.00. The Morgan fingerprint density at radius 1 is 1.17 bits per heavy atom. The second kappa shape index (κ2) is 4.89. The van der Waals surface area contributed by atoms with Crippen LogP contribution in [0.25, 0.3) is 0 Å². The van der Waals surface area contributed by atoms with Gasteiger partial charge in [0, 0.05) is 0 Å². The van der Waals surface area contributed by atoms with E-state index >= 15 is 0 Å². The van der Waals surface area contributed by atoms with E-state index < -0.39 is 0 Å². The van der Waals surface area contributed by atoms with E-state index in [1.165, 1.54) is 38.5 Å². The summed E-state index contributed by atoms with van der Waals surface area (Å²) in [6.45, 7) is 7.13. The smallest absolute Gasteiger partial charge is 0.0388 e. The molecule has 1 aliphatic rings. The Morgan fingerprint density at radius 2 is 1.83 bits per heavy atom. The van der Waals surface area contributed by atoms with Crippen LogP contribution in [0.15, 0.2) is 0 Å². The zero-order valence-electron chi connectivity index (χ0n) is 8.97. The number of hydrogen-bond acceptors (Lipinski definition) is 0. The molecule has 1 aliphatic carbocycles. The predicted octanol–water partition coefficient (Wildman–Crippen LogP) is 4.25. The van der Waals surface area contributed by atoms with Gasteiger partial charge in [-0.25, -0.2) is 0 Å². The third kappa shape index (κ3) is 3.16. The molecule has 1 saturated carbocycles. The van der Waals surface area contributed by atoms with Crippen LogP contribution in [-0.2, 0) is 0 Å². The Bertz CT molecular complexity index is 115. The van der Waals surface area contributed by atoms with Crippen molar-refractivity contribution in [2.75, 3.05) is 0 Å². The Hall–Kier alpha value is 0. The lowest BCUT2D eigenvalue weighted by Crippen LogP contribution is -2.17. The van der Waals surface area contributed by atoms with Gasteiger partial charge < -0.3 is 0 Å². The summed E-state index contributed by atoms with van der Waals surface area (Å²) in [5, 5.41) is 0. The zero-order valence-corrected chi connectivity index (χ0v) is 8.97. The van der Waals surface area contributed by atoms with Gasteiger partial charge in [-0.15, -0.1) is 0 Å². The van der Waals surface area contributed by atoms with Gasteiger partial charge in [0.25, 0.3) is 0 Å². The van der Waals surface area contributed by atoms with Crippen molar-refractivity contribution in [3.05, 3.63) is 0 Å². The summed E-state index contributed by atoms with van der Waals surface area (Å²) in [4.78, 5) is 0. The molecule has 1 fully saturated rings. The van der Waals surface area contributed by atoms with Gasteiger partial charge in [-0.05, 0) is 24.2 Å². The molecule has 0 amide bonds. The summed E-state index contributed by atoms with van der Waals surface area (Å²) in [7, 11) is 0. The molecule has 0 bridgehead atoms. The van der Waals surface area contributed by atoms with Crippen molar-refractivity contribution in [3.8, 4) is 0 Å². The van der Waals surface area contributed by atoms with E-state index in [0.717, 1.165) is 17.8 Å². The highest BCUT2D eigenvalue weighted by molar-refractivity contribution is 4.72. The van der Waals surface area contributed by atoms with E-state index in [9.17, 15) is 0 Å². The lowest BCUT2D eigenvalue weighted by Gasteiger charge is -2.29. The maximum absolute atomic E-state index is 2.45. The summed E-state index contributed by atoms with van der Waals surface area (Å²) in [6.07, 6.45) is 8.90. The predicted molar refractivity (Wildman–Crippen MR) is 55.2 cm³/mol. The number of hydrogen-bond donors (Lipinski definition) is 0. The standard InChI is InChI=1S/C12H24/c1-10(2)8-9-12-7-5-4-6-11(12)3/h10-12H,4-9H2,1-3H3/t11-,12?/m1/s1. The Kier molecular flexibility index (Phi) is 4.11. The second-order valence-corrected chi connectivity index (χ2v) is 4.99. The second-order valence-electron chi connectivity index (χ2n) is 4.99. The van der Waals surface area contributed by atoms with E-state index in [2.05, 4.69) is 20.8 Å². The minimum atomic E-state index is 0.902. The molecule has 0 aromatic carbocycles. The van der Waals surface area contributed by atoms with Crippen LogP contribution in [0.3, 0.4) is 0 Å². The highest BCUT2D eigenvalue weighted by Gasteiger charge is 2.20. The molecule has 72 valence electrons. The fourth-order valence-corrected chi connectivity index (χ4v) is 2.37. The summed E-state index contributed by atoms with van der Waals surface area (Å²) < 4.78 is 0. The highest BCUT2D eigenvalue weighted by Crippen LogP contribution is 2.33. The van der Waals surface area contributed by atoms with Crippen molar-refractivity contribution < 1.29 is 0 Å². The minimum absolute atomic E-state index is 0.902. The van der Waals surface area contributed by atoms with Gasteiger partial charge in [0.1, 0.15) is 0 Å². The molecule has 2 atom stereocenters. The first kappa shape index (κ1) is 10.1. The number of rotatable bonds is 3. The van der Waals surface area contributed by atoms with E-state index in [0.29, 0.717) is 0 Å². The van der Waals surface area contributed by atoms with Gasteiger partial charge in [0.05, 0.1) is 0 Å². The maximum Gasteiger partial charge on any atom is -0.0388 e. The van der Waals surface area contributed by atoms with E-state index in [1.54, 1.807) is 0 Å². The molecule has 0 nitrogen and oxygen atoms in total. The molecule has 0 heteroatoms. The molecule has 0 saturated heterocycles. The molecule has 0 aromatic rings. The summed E-state index contributed by atoms with van der Waals surface area (Å²) in [5.41, 5.74) is 0. The van der Waals surface area contributed by atoms with Gasteiger partial charge in [-0.3, -0.25) is 0 Å². The monoisotopic (exact) mass is 168 g/mol. The van der Waals surface area contributed by atoms with Crippen LogP contribution >= 0.6 is 0 Å². The van der Waals surface area contributed by atoms with Crippen molar-refractivity contribution in [2.24, 2.45) is 17.8 Å². The first-order valence-corrected chi connectivity index (χ1v) is 5.70. The molecule has 0 spiro atoms. The van der Waals surface area contributed by atoms with E-state index in [4.69, 9.17) is 0 Å². The first-order chi connectivity index (χ1) is 5.70. The largest absolute Gasteiger partial charge is 0.0628 e. The van der Waals surface area contributed by atoms with Crippen molar-refractivity contribution in [1.29, 1.82) is 0 Å². The fourth-order valence-electron chi connectivity index (χ4n) is 2.37. The summed E-state index contributed by atoms with van der Waals surface area (Å²) in [6, 6.07) is 0. The zero-order chi connectivity index (χ0) is 8.97. The van der Waals surface area contributed by atoms with Crippen molar-refractivity contribution in [1.82, 2.24) is 0 Å². The molecule has 0 N–H and O–H groups in total. The van der Waals surface area contributed by atoms with E-state index in [1.807, 2.05) is 0 Å². The third-order valence-electron chi connectivity index (χ3n) is 3.40. The third-order valence-corrected chi connectivity index (χ3v) is 3.40. The molecule has 0 aromatic heterocycles. The van der Waals surface area contributed by atoms with E-state index in [-0.39, 0.29) is 0 Å². The lowest BCUT2D eigenvalue weighted by molar-refractivity contribution is 0.230. The van der Waals surface area contributed by atoms with Crippen LogP contribution in [0.1, 0.15) is 59.3 Å². The molecule has 12 heavy (non-hydrogen) atoms. The average Bonchev–Trinajstić information content (AvgIpc) is 2.03. The van der Waals surface area contributed by atoms with Crippen molar-refractivity contribution in [2.45, 2.75) is 59.3 Å². The minimum Gasteiger partial charge on any atom is -0.0628 e. The molecule has 1 rings (SSSR count). The molecule has 0 heterocycles. The lowest BCUT2D eigenvalue weighted by atomic mass is 9.77. The van der Waals surface area contributed by atoms with Crippen LogP contribution in [0, 0.1) is 17.8 Å². The first-order valence-electron chi connectivity index (χ1n) is 5.70. The van der Waals surface area contributed by atoms with Crippen molar-refractivity contribution >= 4 is 0 Å². The molecule has 0 aliphatic heterocycles. The summed E-state index contributed by atoms with van der Waals surface area (Å²) >= 11 is 0. The van der Waals surface area contributed by atoms with Gasteiger partial charge >= 0.3 is 0 Å². The maximum atomic E-state index is 2.45. The van der Waals surface area contributed by atoms with Gasteiger partial charge in [0.2, 0.25) is 0 Å². The van der Waals surface area contributed by atoms with Crippen LogP contribution in [0.4, 0.5) is 0 Å². The summed E-state index contributed by atoms with van der Waals surface area (Å²) in [5.74, 6) is 2.97. The molecular weight excluding hydrogens is 144 g/mol. The Morgan fingerprint density at radius 3 is 2.42 bits per heavy atom. The quantitative estimate of drug-likeness (QED) is 0.591. The average molecular weight is 168 g/mol. The van der Waals surface area contributed by atoms with Gasteiger partial charge in [-0.1, -0.05) is 52.9 Å².